The smallest absolute Gasteiger partial charge is 0.258 e. The summed E-state index contributed by atoms with van der Waals surface area (Å²) in [6.07, 6.45) is 9.08. The van der Waals surface area contributed by atoms with E-state index < -0.39 is 0 Å². The number of hydrogen-bond acceptors (Lipinski definition) is 4. The van der Waals surface area contributed by atoms with Crippen molar-refractivity contribution in [3.8, 4) is 5.75 Å². The third kappa shape index (κ3) is 3.47. The molecule has 1 aromatic carbocycles. The van der Waals surface area contributed by atoms with Gasteiger partial charge in [-0.3, -0.25) is 4.79 Å². The Morgan fingerprint density at radius 2 is 2.12 bits per heavy atom. The Morgan fingerprint density at radius 1 is 1.27 bits per heavy atom. The summed E-state index contributed by atoms with van der Waals surface area (Å²) in [5.41, 5.74) is 3.10. The minimum atomic E-state index is -0.0171. The summed E-state index contributed by atoms with van der Waals surface area (Å²) in [5, 5.41) is 0. The lowest BCUT2D eigenvalue weighted by Crippen LogP contribution is -2.32. The summed E-state index contributed by atoms with van der Waals surface area (Å²) < 4.78 is 5.82. The molecule has 1 atom stereocenters. The molecular weight excluding hydrogens is 326 g/mol. The Bertz CT molecular complexity index is 832. The molecule has 0 unspecified atom stereocenters. The highest BCUT2D eigenvalue weighted by atomic mass is 16.5. The molecule has 0 spiro atoms. The number of carbonyl (C=O) groups is 1. The zero-order valence-electron chi connectivity index (χ0n) is 15.0. The Morgan fingerprint density at radius 3 is 2.88 bits per heavy atom. The molecule has 0 saturated heterocycles. The van der Waals surface area contributed by atoms with Crippen LogP contribution in [-0.2, 0) is 6.54 Å². The third-order valence-corrected chi connectivity index (χ3v) is 5.11. The van der Waals surface area contributed by atoms with Gasteiger partial charge in [-0.15, -0.1) is 0 Å². The van der Waals surface area contributed by atoms with Crippen molar-refractivity contribution in [3.05, 3.63) is 59.7 Å². The quantitative estimate of drug-likeness (QED) is 0.847. The number of carbonyl (C=O) groups excluding carboxylic acids is 1. The number of rotatable bonds is 3. The fourth-order valence-electron chi connectivity index (χ4n) is 3.52. The van der Waals surface area contributed by atoms with E-state index in [2.05, 4.69) is 29.0 Å². The fourth-order valence-corrected chi connectivity index (χ4v) is 3.52. The van der Waals surface area contributed by atoms with Crippen LogP contribution in [0.15, 0.2) is 42.7 Å². The number of hydrogen-bond donors (Lipinski definition) is 0. The molecule has 2 heterocycles. The van der Waals surface area contributed by atoms with Crippen LogP contribution in [-0.4, -0.2) is 33.9 Å². The van der Waals surface area contributed by atoms with Gasteiger partial charge in [0, 0.05) is 12.4 Å². The zero-order chi connectivity index (χ0) is 17.9. The van der Waals surface area contributed by atoms with E-state index in [-0.39, 0.29) is 5.91 Å². The molecule has 0 bridgehead atoms. The second kappa shape index (κ2) is 7.28. The fraction of sp³-hybridized carbons (Fsp3) is 0.381. The monoisotopic (exact) mass is 349 g/mol. The normalized spacial score (nSPS) is 20.0. The number of benzene rings is 1. The van der Waals surface area contributed by atoms with Crippen molar-refractivity contribution in [2.75, 3.05) is 13.2 Å². The van der Waals surface area contributed by atoms with Crippen molar-refractivity contribution >= 4 is 11.5 Å². The lowest BCUT2D eigenvalue weighted by molar-refractivity contribution is 0.0738. The van der Waals surface area contributed by atoms with Crippen LogP contribution < -0.4 is 4.74 Å². The number of fused-ring (bicyclic) bond motifs is 1. The largest absolute Gasteiger partial charge is 0.491 e. The molecule has 1 aliphatic carbocycles. The molecule has 5 nitrogen and oxygen atoms in total. The van der Waals surface area contributed by atoms with Crippen LogP contribution in [0.4, 0.5) is 0 Å². The van der Waals surface area contributed by atoms with Gasteiger partial charge >= 0.3 is 0 Å². The molecule has 134 valence electrons. The van der Waals surface area contributed by atoms with Crippen molar-refractivity contribution in [2.24, 2.45) is 5.92 Å². The molecule has 0 N–H and O–H groups in total. The van der Waals surface area contributed by atoms with Crippen LogP contribution in [0.1, 0.15) is 47.9 Å². The molecule has 5 heteroatoms. The summed E-state index contributed by atoms with van der Waals surface area (Å²) in [5.74, 6) is 2.03. The van der Waals surface area contributed by atoms with E-state index >= 15 is 0 Å². The van der Waals surface area contributed by atoms with Gasteiger partial charge in [0.1, 0.15) is 18.2 Å². The van der Waals surface area contributed by atoms with E-state index in [1.807, 2.05) is 12.1 Å². The van der Waals surface area contributed by atoms with Crippen LogP contribution in [0, 0.1) is 5.92 Å². The summed E-state index contributed by atoms with van der Waals surface area (Å²) in [6.45, 7) is 3.69. The van der Waals surface area contributed by atoms with Gasteiger partial charge < -0.3 is 9.64 Å². The van der Waals surface area contributed by atoms with Crippen molar-refractivity contribution in [1.29, 1.82) is 0 Å². The molecule has 2 aromatic rings. The second-order valence-corrected chi connectivity index (χ2v) is 7.06. The zero-order valence-corrected chi connectivity index (χ0v) is 15.0. The van der Waals surface area contributed by atoms with Gasteiger partial charge in [-0.2, -0.15) is 0 Å². The van der Waals surface area contributed by atoms with E-state index in [0.717, 1.165) is 24.3 Å². The minimum absolute atomic E-state index is 0.0171. The summed E-state index contributed by atoms with van der Waals surface area (Å²) in [6, 6.07) is 7.77. The average molecular weight is 349 g/mol. The minimum Gasteiger partial charge on any atom is -0.491 e. The molecule has 1 aromatic heterocycles. The highest BCUT2D eigenvalue weighted by Gasteiger charge is 2.25. The first kappa shape index (κ1) is 16.8. The lowest BCUT2D eigenvalue weighted by atomic mass is 9.87. The van der Waals surface area contributed by atoms with Crippen LogP contribution >= 0.6 is 0 Å². The van der Waals surface area contributed by atoms with E-state index in [4.69, 9.17) is 4.74 Å². The maximum Gasteiger partial charge on any atom is 0.258 e. The van der Waals surface area contributed by atoms with Crippen molar-refractivity contribution in [3.63, 3.8) is 0 Å². The molecule has 0 saturated carbocycles. The first-order valence-corrected chi connectivity index (χ1v) is 9.22. The maximum atomic E-state index is 13.1. The van der Waals surface area contributed by atoms with Gasteiger partial charge in [-0.25, -0.2) is 9.97 Å². The van der Waals surface area contributed by atoms with E-state index in [1.165, 1.54) is 12.0 Å². The van der Waals surface area contributed by atoms with Crippen molar-refractivity contribution in [1.82, 2.24) is 14.9 Å². The third-order valence-electron chi connectivity index (χ3n) is 5.11. The van der Waals surface area contributed by atoms with Crippen LogP contribution in [0.25, 0.3) is 5.57 Å². The number of amides is 1. The highest BCUT2D eigenvalue weighted by Crippen LogP contribution is 2.33. The molecular formula is C21H23N3O2. The average Bonchev–Trinajstić information content (AvgIpc) is 2.82. The summed E-state index contributed by atoms with van der Waals surface area (Å²) in [4.78, 5) is 23.3. The van der Waals surface area contributed by atoms with Gasteiger partial charge in [0.25, 0.3) is 5.91 Å². The number of aromatic nitrogens is 2. The van der Waals surface area contributed by atoms with Gasteiger partial charge in [0.2, 0.25) is 0 Å². The number of ether oxygens (including phenoxy) is 1. The summed E-state index contributed by atoms with van der Waals surface area (Å²) >= 11 is 0. The van der Waals surface area contributed by atoms with Gasteiger partial charge in [0.05, 0.1) is 18.7 Å². The van der Waals surface area contributed by atoms with Gasteiger partial charge in [0.15, 0.2) is 0 Å². The van der Waals surface area contributed by atoms with E-state index in [1.54, 1.807) is 23.4 Å². The predicted octanol–water partition coefficient (Wildman–Crippen LogP) is 3.71. The first-order valence-electron chi connectivity index (χ1n) is 9.22. The van der Waals surface area contributed by atoms with Crippen molar-refractivity contribution < 1.29 is 9.53 Å². The molecule has 0 radical (unpaired) electrons. The van der Waals surface area contributed by atoms with E-state index in [0.29, 0.717) is 36.8 Å². The molecule has 2 aliphatic rings. The summed E-state index contributed by atoms with van der Waals surface area (Å²) in [7, 11) is 0. The highest BCUT2D eigenvalue weighted by molar-refractivity contribution is 5.98. The molecule has 1 amide bonds. The molecule has 1 aliphatic heterocycles. The predicted molar refractivity (Wildman–Crippen MR) is 99.7 cm³/mol. The van der Waals surface area contributed by atoms with E-state index in [9.17, 15) is 4.79 Å². The SMILES string of the molecule is C[C@H]1CC=C(c2ccc3c(c2)C(=O)N(Cc2ncccn2)CCO3)CC1. The van der Waals surface area contributed by atoms with Crippen LogP contribution in [0.5, 0.6) is 5.75 Å². The molecule has 4 rings (SSSR count). The van der Waals surface area contributed by atoms with Crippen molar-refractivity contribution in [2.45, 2.75) is 32.7 Å². The van der Waals surface area contributed by atoms with Gasteiger partial charge in [-0.1, -0.05) is 19.1 Å². The first-order chi connectivity index (χ1) is 12.7. The standard InChI is InChI=1S/C21H23N3O2/c1-15-3-5-16(6-4-15)17-7-8-19-18(13-17)21(25)24(11-12-26-19)14-20-22-9-2-10-23-20/h2,5,7-10,13,15H,3-4,6,11-12,14H2,1H3/t15-/m0/s1. The lowest BCUT2D eigenvalue weighted by Gasteiger charge is -2.20. The Hall–Kier alpha value is -2.69. The molecule has 26 heavy (non-hydrogen) atoms. The van der Waals surface area contributed by atoms with Gasteiger partial charge in [-0.05, 0) is 54.5 Å². The Balaban J connectivity index is 1.61. The Labute approximate surface area is 153 Å². The maximum absolute atomic E-state index is 13.1. The number of nitrogens with zero attached hydrogens (tertiary/aromatic N) is 3. The topological polar surface area (TPSA) is 55.3 Å². The number of allylic oxidation sites excluding steroid dienone is 2. The molecule has 0 fully saturated rings. The van der Waals surface area contributed by atoms with Crippen LogP contribution in [0.3, 0.4) is 0 Å². The second-order valence-electron chi connectivity index (χ2n) is 7.06. The Kier molecular flexibility index (Phi) is 4.69. The van der Waals surface area contributed by atoms with Crippen LogP contribution in [0.2, 0.25) is 0 Å².